The Hall–Kier alpha value is -1.97. The highest BCUT2D eigenvalue weighted by atomic mass is 16.5. The number of hydrogen-bond donors (Lipinski definition) is 3. The fourth-order valence-electron chi connectivity index (χ4n) is 12.4. The van der Waals surface area contributed by atoms with Crippen LogP contribution in [0.4, 0.5) is 5.95 Å². The van der Waals surface area contributed by atoms with Crippen LogP contribution >= 0.6 is 0 Å². The van der Waals surface area contributed by atoms with E-state index in [4.69, 9.17) is 20.3 Å². The molecule has 0 spiro atoms. The number of likely N-dealkylation sites (N-methyl/N-ethyl adjacent to an activating group) is 1. The molecule has 4 aliphatic carbocycles. The Labute approximate surface area is 289 Å². The maximum absolute atomic E-state index is 13.4. The van der Waals surface area contributed by atoms with Gasteiger partial charge >= 0.3 is 5.97 Å². The number of carbonyl (C=O) groups is 1. The third-order valence-corrected chi connectivity index (χ3v) is 16.4. The molecule has 9 nitrogen and oxygen atoms in total. The molecule has 1 unspecified atom stereocenters. The number of fused-ring (bicyclic) bond motifs is 3. The average Bonchev–Trinajstić information content (AvgIpc) is 3.45. The van der Waals surface area contributed by atoms with Crippen LogP contribution in [0.25, 0.3) is 0 Å². The maximum Gasteiger partial charge on any atom is 0.307 e. The van der Waals surface area contributed by atoms with Crippen molar-refractivity contribution in [3.63, 3.8) is 0 Å². The van der Waals surface area contributed by atoms with Crippen molar-refractivity contribution < 1.29 is 19.4 Å². The van der Waals surface area contributed by atoms with Crippen LogP contribution in [0, 0.1) is 62.6 Å². The zero-order valence-corrected chi connectivity index (χ0v) is 31.7. The van der Waals surface area contributed by atoms with Crippen molar-refractivity contribution in [3.05, 3.63) is 18.0 Å². The fourth-order valence-corrected chi connectivity index (χ4v) is 12.4. The summed E-state index contributed by atoms with van der Waals surface area (Å²) in [5, 5.41) is 19.3. The predicted molar refractivity (Wildman–Crippen MR) is 189 cm³/mol. The predicted octanol–water partition coefficient (Wildman–Crippen LogP) is 7.01. The Balaban J connectivity index is 1.44. The Morgan fingerprint density at radius 2 is 1.85 bits per heavy atom. The molecule has 48 heavy (non-hydrogen) atoms. The first kappa shape index (κ1) is 35.8. The summed E-state index contributed by atoms with van der Waals surface area (Å²) in [6.07, 6.45) is 9.97. The second kappa shape index (κ2) is 11.8. The second-order valence-corrected chi connectivity index (χ2v) is 18.8. The third kappa shape index (κ3) is 4.82. The highest BCUT2D eigenvalue weighted by Crippen LogP contribution is 2.75. The molecule has 1 saturated heterocycles. The van der Waals surface area contributed by atoms with E-state index >= 15 is 0 Å². The molecule has 4 fully saturated rings. The van der Waals surface area contributed by atoms with Crippen LogP contribution in [0.3, 0.4) is 0 Å². The summed E-state index contributed by atoms with van der Waals surface area (Å²) in [5.74, 6) is 1.09. The van der Waals surface area contributed by atoms with Crippen molar-refractivity contribution in [2.45, 2.75) is 125 Å². The van der Waals surface area contributed by atoms with Crippen molar-refractivity contribution in [2.75, 3.05) is 32.6 Å². The van der Waals surface area contributed by atoms with E-state index in [1.807, 2.05) is 11.7 Å². The number of rotatable bonds is 9. The zero-order chi connectivity index (χ0) is 35.2. The summed E-state index contributed by atoms with van der Waals surface area (Å²) in [6, 6.07) is -0.0534. The normalized spacial score (nSPS) is 44.3. The van der Waals surface area contributed by atoms with E-state index < -0.39 is 11.9 Å². The molecule has 6 rings (SSSR count). The first-order valence-electron chi connectivity index (χ1n) is 18.8. The molecule has 2 bridgehead atoms. The van der Waals surface area contributed by atoms with E-state index in [0.29, 0.717) is 49.4 Å². The first-order valence-corrected chi connectivity index (χ1v) is 18.8. The number of nitrogens with zero attached hydrogens (tertiary/aromatic N) is 3. The second-order valence-electron chi connectivity index (χ2n) is 18.8. The lowest BCUT2D eigenvalue weighted by atomic mass is 9.34. The monoisotopic (exact) mass is 668 g/mol. The Morgan fingerprint density at radius 3 is 2.44 bits per heavy atom. The highest BCUT2D eigenvalue weighted by molar-refractivity contribution is 5.73. The molecule has 0 radical (unpaired) electrons. The van der Waals surface area contributed by atoms with Gasteiger partial charge in [-0.25, -0.2) is 9.67 Å². The third-order valence-electron chi connectivity index (χ3n) is 16.4. The molecule has 270 valence electrons. The van der Waals surface area contributed by atoms with Gasteiger partial charge < -0.3 is 25.6 Å². The summed E-state index contributed by atoms with van der Waals surface area (Å²) in [5.41, 5.74) is 6.33. The summed E-state index contributed by atoms with van der Waals surface area (Å²) in [4.78, 5) is 17.8. The molecule has 1 aliphatic heterocycles. The van der Waals surface area contributed by atoms with Crippen molar-refractivity contribution in [3.8, 4) is 0 Å². The minimum atomic E-state index is -0.618. The number of allylic oxidation sites excluding steroid dienone is 1. The molecule has 12 atom stereocenters. The Kier molecular flexibility index (Phi) is 8.81. The van der Waals surface area contributed by atoms with Crippen molar-refractivity contribution in [1.82, 2.24) is 20.1 Å². The molecule has 4 N–H and O–H groups in total. The van der Waals surface area contributed by atoms with Crippen molar-refractivity contribution >= 4 is 11.9 Å². The lowest BCUT2D eigenvalue weighted by Crippen LogP contribution is -2.69. The number of carboxylic acids is 1. The summed E-state index contributed by atoms with van der Waals surface area (Å²) < 4.78 is 15.8. The number of aliphatic carboxylic acids is 1. The number of hydrogen-bond acceptors (Lipinski definition) is 7. The number of nitrogens with one attached hydrogen (secondary N) is 1. The molecular formula is C39H65N5O4. The van der Waals surface area contributed by atoms with Gasteiger partial charge in [0.15, 0.2) is 0 Å². The molecule has 1 aromatic heterocycles. The largest absolute Gasteiger partial charge is 0.481 e. The minimum Gasteiger partial charge on any atom is -0.481 e. The number of carboxylic acid groups (broad SMARTS) is 1. The van der Waals surface area contributed by atoms with E-state index in [1.165, 1.54) is 5.57 Å². The lowest BCUT2D eigenvalue weighted by Gasteiger charge is -2.71. The van der Waals surface area contributed by atoms with Crippen LogP contribution in [0.2, 0.25) is 0 Å². The maximum atomic E-state index is 13.4. The van der Waals surface area contributed by atoms with Gasteiger partial charge in [-0.3, -0.25) is 4.79 Å². The van der Waals surface area contributed by atoms with E-state index in [0.717, 1.165) is 38.5 Å². The number of aromatic nitrogens is 3. The van der Waals surface area contributed by atoms with Gasteiger partial charge in [-0.15, -0.1) is 5.10 Å². The van der Waals surface area contributed by atoms with Crippen LogP contribution in [-0.4, -0.2) is 64.4 Å². The molecule has 3 saturated carbocycles. The van der Waals surface area contributed by atoms with E-state index in [9.17, 15) is 9.90 Å². The average molecular weight is 668 g/mol. The fraction of sp³-hybridized carbons (Fsp3) is 0.872. The smallest absolute Gasteiger partial charge is 0.307 e. The summed E-state index contributed by atoms with van der Waals surface area (Å²) in [6.45, 7) is 24.9. The van der Waals surface area contributed by atoms with Gasteiger partial charge in [-0.1, -0.05) is 74.0 Å². The topological polar surface area (TPSA) is 125 Å². The van der Waals surface area contributed by atoms with E-state index in [2.05, 4.69) is 85.6 Å². The molecule has 9 heteroatoms. The molecule has 2 heterocycles. The summed E-state index contributed by atoms with van der Waals surface area (Å²) in [7, 11) is 2.02. The number of nitrogens with two attached hydrogens (primary N) is 1. The van der Waals surface area contributed by atoms with Crippen LogP contribution in [0.15, 0.2) is 18.0 Å². The Morgan fingerprint density at radius 1 is 1.15 bits per heavy atom. The number of nitrogen functional groups attached to an aromatic ring is 1. The minimum absolute atomic E-state index is 0.0534. The van der Waals surface area contributed by atoms with E-state index in [-0.39, 0.29) is 50.7 Å². The molecule has 5 aliphatic rings. The zero-order valence-electron chi connectivity index (χ0n) is 31.7. The first-order chi connectivity index (χ1) is 22.3. The summed E-state index contributed by atoms with van der Waals surface area (Å²) >= 11 is 0. The van der Waals surface area contributed by atoms with Crippen LogP contribution in [0.5, 0.6) is 0 Å². The van der Waals surface area contributed by atoms with Crippen molar-refractivity contribution in [1.29, 1.82) is 0 Å². The van der Waals surface area contributed by atoms with Crippen LogP contribution < -0.4 is 11.1 Å². The number of anilines is 1. The van der Waals surface area contributed by atoms with Gasteiger partial charge in [0.05, 0.1) is 37.9 Å². The van der Waals surface area contributed by atoms with Gasteiger partial charge in [0, 0.05) is 16.4 Å². The molecular weight excluding hydrogens is 602 g/mol. The van der Waals surface area contributed by atoms with Crippen LogP contribution in [-0.2, 0) is 14.3 Å². The van der Waals surface area contributed by atoms with Gasteiger partial charge in [0.1, 0.15) is 6.33 Å². The van der Waals surface area contributed by atoms with Gasteiger partial charge in [0.2, 0.25) is 5.95 Å². The van der Waals surface area contributed by atoms with Gasteiger partial charge in [-0.05, 0) is 98.3 Å². The van der Waals surface area contributed by atoms with Crippen LogP contribution in [0.1, 0.15) is 114 Å². The van der Waals surface area contributed by atoms with Gasteiger partial charge in [0.25, 0.3) is 0 Å². The quantitative estimate of drug-likeness (QED) is 0.240. The highest BCUT2D eigenvalue weighted by Gasteiger charge is 2.72. The molecule has 0 amide bonds. The van der Waals surface area contributed by atoms with Gasteiger partial charge in [-0.2, -0.15) is 0 Å². The molecule has 0 aromatic carbocycles. The molecule has 1 aromatic rings. The lowest BCUT2D eigenvalue weighted by molar-refractivity contribution is -0.253. The van der Waals surface area contributed by atoms with Crippen molar-refractivity contribution in [2.24, 2.45) is 62.6 Å². The number of ether oxygens (including phenoxy) is 2. The standard InChI is InChI=1S/C39H65N5O4/c1-23(2)25(5)34(6)16-17-36(8)26-12-13-29-35(7)19-47-21-39(29,27(26)14-15-37(36,9)30(34)32(45)46)18-28(44-22-42-33(40)43-44)31(35)48-20-38(10,41-11)24(3)4/h14,22-26,28-31,41H,12-13,15-21H2,1-11H3,(H2,40,43)(H,45,46)/t25-,26+,28-,29+,30-,31+,34-,35+,36-,37+,38+,39?/m1/s1. The SMILES string of the molecule is CN[C@@](C)(CO[C@H]1[C@H](n2cnc(N)n2)CC23COC[C@@]1(C)[C@@H]2CC[C@H]1C3=CC[C@@]2(C)[C@H](C(=O)O)[C@@](C)([C@H](C)C(C)C)CC[C@]12C)C(C)C. The van der Waals surface area contributed by atoms with E-state index in [1.54, 1.807) is 6.33 Å². The Bertz CT molecular complexity index is 1430.